The molecule has 4 nitrogen and oxygen atoms in total. The van der Waals surface area contributed by atoms with E-state index in [0.29, 0.717) is 12.0 Å². The molecule has 4 rings (SSSR count). The largest absolute Gasteiger partial charge is 0.297 e. The van der Waals surface area contributed by atoms with Crippen LogP contribution in [0.4, 0.5) is 5.69 Å². The zero-order chi connectivity index (χ0) is 17.2. The standard InChI is InChI=1S/C19H16N2O2S2/c22-17-15(12-13-6-4-5-9-20-13)21(14-7-2-1-3-8-14)18(23)16(17)19-24-10-11-25-19/h1-9,15H,10-12H2. The number of Topliss-reactive ketones (excluding diaryl/α,β-unsaturated/α-hetero) is 1. The first-order chi connectivity index (χ1) is 12.3. The van der Waals surface area contributed by atoms with Gasteiger partial charge in [0, 0.05) is 35.5 Å². The van der Waals surface area contributed by atoms with Crippen LogP contribution in [-0.4, -0.2) is 34.2 Å². The van der Waals surface area contributed by atoms with Crippen LogP contribution in [0, 0.1) is 0 Å². The van der Waals surface area contributed by atoms with Crippen LogP contribution in [0.5, 0.6) is 0 Å². The molecule has 2 fully saturated rings. The van der Waals surface area contributed by atoms with Crippen LogP contribution in [0.15, 0.2) is 64.5 Å². The molecule has 126 valence electrons. The normalized spacial score (nSPS) is 20.6. The van der Waals surface area contributed by atoms with E-state index < -0.39 is 6.04 Å². The number of rotatable bonds is 3. The number of pyridine rings is 1. The third-order valence-electron chi connectivity index (χ3n) is 4.21. The number of hydrogen-bond donors (Lipinski definition) is 0. The molecule has 0 radical (unpaired) electrons. The number of thioether (sulfide) groups is 2. The monoisotopic (exact) mass is 368 g/mol. The summed E-state index contributed by atoms with van der Waals surface area (Å²) in [5.41, 5.74) is 1.93. The Labute approximate surface area is 154 Å². The molecule has 1 atom stereocenters. The molecule has 1 amide bonds. The van der Waals surface area contributed by atoms with Gasteiger partial charge in [0.05, 0.1) is 4.24 Å². The van der Waals surface area contributed by atoms with Crippen LogP contribution in [0.1, 0.15) is 5.69 Å². The van der Waals surface area contributed by atoms with E-state index in [4.69, 9.17) is 0 Å². The summed E-state index contributed by atoms with van der Waals surface area (Å²) in [6.45, 7) is 0. The summed E-state index contributed by atoms with van der Waals surface area (Å²) in [5.74, 6) is 1.62. The molecule has 2 aliphatic heterocycles. The van der Waals surface area contributed by atoms with E-state index in [1.165, 1.54) is 0 Å². The van der Waals surface area contributed by atoms with Crippen molar-refractivity contribution in [3.05, 3.63) is 70.2 Å². The summed E-state index contributed by atoms with van der Waals surface area (Å²) in [6, 6.07) is 14.5. The van der Waals surface area contributed by atoms with Crippen molar-refractivity contribution < 1.29 is 9.59 Å². The highest BCUT2D eigenvalue weighted by Crippen LogP contribution is 2.42. The Morgan fingerprint density at radius 1 is 1.00 bits per heavy atom. The lowest BCUT2D eigenvalue weighted by atomic mass is 10.0. The molecule has 6 heteroatoms. The van der Waals surface area contributed by atoms with Crippen LogP contribution in [0.25, 0.3) is 0 Å². The maximum absolute atomic E-state index is 13.1. The minimum absolute atomic E-state index is 0.0867. The third-order valence-corrected chi connectivity index (χ3v) is 6.92. The fourth-order valence-corrected chi connectivity index (χ4v) is 5.62. The second kappa shape index (κ2) is 7.06. The van der Waals surface area contributed by atoms with Crippen LogP contribution >= 0.6 is 23.5 Å². The van der Waals surface area contributed by atoms with Crippen LogP contribution < -0.4 is 4.90 Å². The molecule has 2 saturated heterocycles. The number of amides is 1. The van der Waals surface area contributed by atoms with E-state index in [9.17, 15) is 9.59 Å². The number of carbonyl (C=O) groups excluding carboxylic acids is 2. The summed E-state index contributed by atoms with van der Waals surface area (Å²) in [6.07, 6.45) is 2.14. The van der Waals surface area contributed by atoms with Crippen molar-refractivity contribution in [2.75, 3.05) is 16.4 Å². The lowest BCUT2D eigenvalue weighted by Crippen LogP contribution is -2.37. The summed E-state index contributed by atoms with van der Waals surface area (Å²) in [5, 5.41) is 0. The average Bonchev–Trinajstić information content (AvgIpc) is 3.24. The van der Waals surface area contributed by atoms with Gasteiger partial charge in [0.25, 0.3) is 5.91 Å². The fourth-order valence-electron chi connectivity index (χ4n) is 3.08. The van der Waals surface area contributed by atoms with Gasteiger partial charge in [-0.15, -0.1) is 23.5 Å². The fraction of sp³-hybridized carbons (Fsp3) is 0.211. The van der Waals surface area contributed by atoms with Crippen molar-refractivity contribution in [2.45, 2.75) is 12.5 Å². The zero-order valence-corrected chi connectivity index (χ0v) is 15.1. The number of benzene rings is 1. The van der Waals surface area contributed by atoms with Gasteiger partial charge in [0.2, 0.25) is 0 Å². The second-order valence-electron chi connectivity index (χ2n) is 5.78. The van der Waals surface area contributed by atoms with Gasteiger partial charge in [0.15, 0.2) is 5.78 Å². The lowest BCUT2D eigenvalue weighted by Gasteiger charge is -2.22. The number of para-hydroxylation sites is 1. The van der Waals surface area contributed by atoms with Crippen molar-refractivity contribution in [1.29, 1.82) is 0 Å². The van der Waals surface area contributed by atoms with Crippen molar-refractivity contribution in [2.24, 2.45) is 0 Å². The van der Waals surface area contributed by atoms with Gasteiger partial charge < -0.3 is 0 Å². The Morgan fingerprint density at radius 3 is 2.40 bits per heavy atom. The number of nitrogens with zero attached hydrogens (tertiary/aromatic N) is 2. The predicted molar refractivity (Wildman–Crippen MR) is 103 cm³/mol. The number of aromatic nitrogens is 1. The van der Waals surface area contributed by atoms with Gasteiger partial charge in [-0.3, -0.25) is 19.5 Å². The molecule has 25 heavy (non-hydrogen) atoms. The van der Waals surface area contributed by atoms with Crippen molar-refractivity contribution in [3.63, 3.8) is 0 Å². The van der Waals surface area contributed by atoms with E-state index in [0.717, 1.165) is 27.1 Å². The van der Waals surface area contributed by atoms with Gasteiger partial charge in [-0.25, -0.2) is 0 Å². The van der Waals surface area contributed by atoms with Gasteiger partial charge in [0.1, 0.15) is 11.6 Å². The van der Waals surface area contributed by atoms with E-state index in [1.807, 2.05) is 48.5 Å². The molecule has 0 N–H and O–H groups in total. The third kappa shape index (κ3) is 3.12. The summed E-state index contributed by atoms with van der Waals surface area (Å²) in [4.78, 5) is 32.2. The first-order valence-electron chi connectivity index (χ1n) is 8.08. The number of hydrogen-bond acceptors (Lipinski definition) is 5. The molecule has 3 heterocycles. The first-order valence-corrected chi connectivity index (χ1v) is 10.1. The number of ketones is 1. The predicted octanol–water partition coefficient (Wildman–Crippen LogP) is 3.30. The van der Waals surface area contributed by atoms with Crippen molar-refractivity contribution in [3.8, 4) is 0 Å². The van der Waals surface area contributed by atoms with Gasteiger partial charge in [-0.2, -0.15) is 0 Å². The van der Waals surface area contributed by atoms with Gasteiger partial charge in [-0.05, 0) is 24.3 Å². The zero-order valence-electron chi connectivity index (χ0n) is 13.4. The molecule has 0 spiro atoms. The molecule has 0 aliphatic carbocycles. The highest BCUT2D eigenvalue weighted by Gasteiger charge is 2.46. The number of carbonyl (C=O) groups is 2. The highest BCUT2D eigenvalue weighted by molar-refractivity contribution is 8.25. The van der Waals surface area contributed by atoms with Crippen LogP contribution in [0.2, 0.25) is 0 Å². The maximum atomic E-state index is 13.1. The quantitative estimate of drug-likeness (QED) is 0.615. The van der Waals surface area contributed by atoms with Crippen molar-refractivity contribution in [1.82, 2.24) is 4.98 Å². The van der Waals surface area contributed by atoms with E-state index in [2.05, 4.69) is 4.98 Å². The summed E-state index contributed by atoms with van der Waals surface area (Å²) >= 11 is 3.22. The molecule has 1 aromatic carbocycles. The Balaban J connectivity index is 1.76. The molecule has 1 aromatic heterocycles. The minimum atomic E-state index is -0.533. The Kier molecular flexibility index (Phi) is 4.63. The van der Waals surface area contributed by atoms with E-state index in [-0.39, 0.29) is 11.7 Å². The highest BCUT2D eigenvalue weighted by atomic mass is 32.2. The molecular weight excluding hydrogens is 352 g/mol. The first kappa shape index (κ1) is 16.4. The minimum Gasteiger partial charge on any atom is -0.297 e. The summed E-state index contributed by atoms with van der Waals surface area (Å²) in [7, 11) is 0. The number of anilines is 1. The lowest BCUT2D eigenvalue weighted by molar-refractivity contribution is -0.116. The van der Waals surface area contributed by atoms with E-state index >= 15 is 0 Å². The topological polar surface area (TPSA) is 50.3 Å². The molecule has 2 aliphatic rings. The SMILES string of the molecule is O=C1C(=C2SCCS2)C(=O)N(c2ccccc2)C1Cc1ccccn1. The smallest absolute Gasteiger partial charge is 0.264 e. The van der Waals surface area contributed by atoms with Crippen molar-refractivity contribution >= 4 is 40.9 Å². The molecular formula is C19H16N2O2S2. The Hall–Kier alpha value is -2.05. The summed E-state index contributed by atoms with van der Waals surface area (Å²) < 4.78 is 0.874. The molecule has 1 unspecified atom stereocenters. The van der Waals surface area contributed by atoms with Crippen LogP contribution in [-0.2, 0) is 16.0 Å². The Morgan fingerprint density at radius 2 is 1.72 bits per heavy atom. The average molecular weight is 368 g/mol. The van der Waals surface area contributed by atoms with Gasteiger partial charge in [-0.1, -0.05) is 24.3 Å². The maximum Gasteiger partial charge on any atom is 0.264 e. The molecule has 0 bridgehead atoms. The molecule has 2 aromatic rings. The van der Waals surface area contributed by atoms with Crippen LogP contribution in [0.3, 0.4) is 0 Å². The molecule has 0 saturated carbocycles. The Bertz CT molecular complexity index is 829. The second-order valence-corrected chi connectivity index (χ2v) is 8.24. The van der Waals surface area contributed by atoms with E-state index in [1.54, 1.807) is 34.6 Å². The van der Waals surface area contributed by atoms with Gasteiger partial charge >= 0.3 is 0 Å².